The molecule has 0 aliphatic carbocycles. The Morgan fingerprint density at radius 2 is 1.86 bits per heavy atom. The number of aromatic nitrogens is 3. The number of pyridine rings is 1. The van der Waals surface area contributed by atoms with E-state index in [1.165, 1.54) is 17.5 Å². The molecule has 0 aliphatic heterocycles. The molecule has 2 aromatic carbocycles. The van der Waals surface area contributed by atoms with E-state index in [1.54, 1.807) is 0 Å². The summed E-state index contributed by atoms with van der Waals surface area (Å²) in [5.74, 6) is 0.687. The summed E-state index contributed by atoms with van der Waals surface area (Å²) in [4.78, 5) is 4.76. The van der Waals surface area contributed by atoms with Crippen LogP contribution in [0.3, 0.4) is 0 Å². The van der Waals surface area contributed by atoms with Crippen molar-refractivity contribution in [1.29, 1.82) is 5.26 Å². The summed E-state index contributed by atoms with van der Waals surface area (Å²) in [6.07, 6.45) is 5.21. The average Bonchev–Trinajstić information content (AvgIpc) is 3.08. The highest BCUT2D eigenvalue weighted by Crippen LogP contribution is 2.34. The number of fused-ring (bicyclic) bond motifs is 3. The number of hydrogen-bond acceptors (Lipinski definition) is 3. The molecule has 4 heteroatoms. The lowest BCUT2D eigenvalue weighted by molar-refractivity contribution is 0.585. The minimum Gasteiger partial charge on any atom is -0.266 e. The quantitative estimate of drug-likeness (QED) is 0.437. The van der Waals surface area contributed by atoms with Crippen LogP contribution in [0.4, 0.5) is 0 Å². The molecule has 0 amide bonds. The predicted molar refractivity (Wildman–Crippen MR) is 119 cm³/mol. The molecule has 4 aromatic rings. The predicted octanol–water partition coefficient (Wildman–Crippen LogP) is 5.81. The molecule has 29 heavy (non-hydrogen) atoms. The Labute approximate surface area is 171 Å². The second kappa shape index (κ2) is 7.67. The molecule has 146 valence electrons. The summed E-state index contributed by atoms with van der Waals surface area (Å²) >= 11 is 0. The lowest BCUT2D eigenvalue weighted by Gasteiger charge is -2.12. The number of benzene rings is 2. The van der Waals surface area contributed by atoms with E-state index in [-0.39, 0.29) is 0 Å². The SMILES string of the molecule is CCc1cc2c(cc1CCC(C)C)ncc1c2c(-c2ccc(C#N)cc2)nn1C. The zero-order valence-electron chi connectivity index (χ0n) is 17.5. The zero-order chi connectivity index (χ0) is 20.5. The van der Waals surface area contributed by atoms with Gasteiger partial charge in [0, 0.05) is 23.4 Å². The van der Waals surface area contributed by atoms with Crippen molar-refractivity contribution < 1.29 is 0 Å². The lowest BCUT2D eigenvalue weighted by Crippen LogP contribution is -1.98. The molecule has 0 spiro atoms. The molecule has 0 saturated carbocycles. The van der Waals surface area contributed by atoms with Crippen LogP contribution in [-0.2, 0) is 19.9 Å². The van der Waals surface area contributed by atoms with E-state index in [9.17, 15) is 0 Å². The highest BCUT2D eigenvalue weighted by molar-refractivity contribution is 6.11. The number of nitriles is 1. The van der Waals surface area contributed by atoms with Gasteiger partial charge in [0.05, 0.1) is 28.9 Å². The third-order valence-corrected chi connectivity index (χ3v) is 5.66. The van der Waals surface area contributed by atoms with Gasteiger partial charge in [-0.1, -0.05) is 32.9 Å². The Hall–Kier alpha value is -3.19. The second-order valence-electron chi connectivity index (χ2n) is 8.10. The van der Waals surface area contributed by atoms with Crippen LogP contribution in [0.2, 0.25) is 0 Å². The Kier molecular flexibility index (Phi) is 5.07. The smallest absolute Gasteiger partial charge is 0.101 e. The van der Waals surface area contributed by atoms with Gasteiger partial charge in [-0.15, -0.1) is 0 Å². The fourth-order valence-electron chi connectivity index (χ4n) is 3.98. The van der Waals surface area contributed by atoms with Crippen LogP contribution >= 0.6 is 0 Å². The molecule has 0 saturated heterocycles. The monoisotopic (exact) mass is 382 g/mol. The van der Waals surface area contributed by atoms with Gasteiger partial charge in [-0.25, -0.2) is 0 Å². The first-order valence-electron chi connectivity index (χ1n) is 10.3. The van der Waals surface area contributed by atoms with Crippen LogP contribution in [0.25, 0.3) is 33.1 Å². The fourth-order valence-corrected chi connectivity index (χ4v) is 3.98. The van der Waals surface area contributed by atoms with E-state index in [4.69, 9.17) is 15.3 Å². The highest BCUT2D eigenvalue weighted by atomic mass is 15.3. The summed E-state index contributed by atoms with van der Waals surface area (Å²) in [7, 11) is 1.96. The summed E-state index contributed by atoms with van der Waals surface area (Å²) in [6, 6.07) is 14.4. The largest absolute Gasteiger partial charge is 0.266 e. The Morgan fingerprint density at radius 3 is 2.52 bits per heavy atom. The Balaban J connectivity index is 1.95. The van der Waals surface area contributed by atoms with Crippen LogP contribution in [0.1, 0.15) is 43.9 Å². The summed E-state index contributed by atoms with van der Waals surface area (Å²) in [5.41, 5.74) is 7.46. The van der Waals surface area contributed by atoms with E-state index in [0.717, 1.165) is 45.9 Å². The molecular weight excluding hydrogens is 356 g/mol. The van der Waals surface area contributed by atoms with Gasteiger partial charge in [-0.2, -0.15) is 10.4 Å². The summed E-state index contributed by atoms with van der Waals surface area (Å²) in [5, 5.41) is 16.2. The van der Waals surface area contributed by atoms with Crippen molar-refractivity contribution in [1.82, 2.24) is 14.8 Å². The van der Waals surface area contributed by atoms with E-state index < -0.39 is 0 Å². The van der Waals surface area contributed by atoms with Crippen LogP contribution < -0.4 is 0 Å². The number of hydrogen-bond donors (Lipinski definition) is 0. The Bertz CT molecular complexity index is 1220. The van der Waals surface area contributed by atoms with Crippen molar-refractivity contribution >= 4 is 21.8 Å². The molecule has 0 radical (unpaired) electrons. The number of nitrogens with zero attached hydrogens (tertiary/aromatic N) is 4. The first kappa shape index (κ1) is 19.1. The standard InChI is InChI=1S/C25H26N4/c1-5-18-12-21-22(13-20(18)9-6-16(2)3)27-15-23-24(21)25(28-29(23)4)19-10-7-17(14-26)8-11-19/h7-8,10-13,15-16H,5-6,9H2,1-4H3. The molecule has 0 bridgehead atoms. The van der Waals surface area contributed by atoms with Gasteiger partial charge < -0.3 is 0 Å². The van der Waals surface area contributed by atoms with Gasteiger partial charge in [-0.3, -0.25) is 9.67 Å². The number of rotatable bonds is 5. The second-order valence-corrected chi connectivity index (χ2v) is 8.10. The highest BCUT2D eigenvalue weighted by Gasteiger charge is 2.16. The van der Waals surface area contributed by atoms with Gasteiger partial charge in [-0.05, 0) is 60.6 Å². The van der Waals surface area contributed by atoms with Crippen molar-refractivity contribution in [2.75, 3.05) is 0 Å². The molecular formula is C25H26N4. The maximum Gasteiger partial charge on any atom is 0.101 e. The summed E-state index contributed by atoms with van der Waals surface area (Å²) in [6.45, 7) is 6.76. The van der Waals surface area contributed by atoms with Gasteiger partial charge in [0.2, 0.25) is 0 Å². The van der Waals surface area contributed by atoms with Crippen molar-refractivity contribution in [3.05, 3.63) is 59.3 Å². The van der Waals surface area contributed by atoms with Crippen molar-refractivity contribution in [3.8, 4) is 17.3 Å². The van der Waals surface area contributed by atoms with Crippen molar-refractivity contribution in [3.63, 3.8) is 0 Å². The normalized spacial score (nSPS) is 11.4. The van der Waals surface area contributed by atoms with Gasteiger partial charge >= 0.3 is 0 Å². The molecule has 4 nitrogen and oxygen atoms in total. The van der Waals surface area contributed by atoms with Crippen molar-refractivity contribution in [2.24, 2.45) is 13.0 Å². The van der Waals surface area contributed by atoms with Crippen LogP contribution in [0.15, 0.2) is 42.6 Å². The van der Waals surface area contributed by atoms with E-state index in [2.05, 4.69) is 39.0 Å². The molecule has 0 unspecified atom stereocenters. The lowest BCUT2D eigenvalue weighted by atomic mass is 9.94. The Morgan fingerprint density at radius 1 is 1.10 bits per heavy atom. The summed E-state index contributed by atoms with van der Waals surface area (Å²) < 4.78 is 1.90. The third-order valence-electron chi connectivity index (χ3n) is 5.66. The molecule has 2 aromatic heterocycles. The molecule has 2 heterocycles. The number of aryl methyl sites for hydroxylation is 3. The third kappa shape index (κ3) is 3.49. The van der Waals surface area contributed by atoms with E-state index >= 15 is 0 Å². The van der Waals surface area contributed by atoms with Gasteiger partial charge in [0.1, 0.15) is 5.69 Å². The molecule has 0 atom stereocenters. The maximum atomic E-state index is 9.10. The van der Waals surface area contributed by atoms with Crippen LogP contribution in [0, 0.1) is 17.2 Å². The van der Waals surface area contributed by atoms with Crippen LogP contribution in [-0.4, -0.2) is 14.8 Å². The average molecular weight is 383 g/mol. The molecule has 4 rings (SSSR count). The zero-order valence-corrected chi connectivity index (χ0v) is 17.5. The van der Waals surface area contributed by atoms with E-state index in [0.29, 0.717) is 11.5 Å². The first-order chi connectivity index (χ1) is 14.0. The van der Waals surface area contributed by atoms with Gasteiger partial charge in [0.15, 0.2) is 0 Å². The first-order valence-corrected chi connectivity index (χ1v) is 10.3. The molecule has 0 aliphatic rings. The molecule has 0 N–H and O–H groups in total. The van der Waals surface area contributed by atoms with Crippen LogP contribution in [0.5, 0.6) is 0 Å². The maximum absolute atomic E-state index is 9.10. The van der Waals surface area contributed by atoms with E-state index in [1.807, 2.05) is 42.2 Å². The minimum atomic E-state index is 0.656. The topological polar surface area (TPSA) is 54.5 Å². The molecule has 0 fully saturated rings. The fraction of sp³-hybridized carbons (Fsp3) is 0.320. The van der Waals surface area contributed by atoms with Crippen molar-refractivity contribution in [2.45, 2.75) is 40.0 Å². The van der Waals surface area contributed by atoms with Gasteiger partial charge in [0.25, 0.3) is 0 Å². The minimum absolute atomic E-state index is 0.656.